The molecule has 2 aromatic heterocycles. The fourth-order valence-electron chi connectivity index (χ4n) is 2.36. The lowest BCUT2D eigenvalue weighted by atomic mass is 10.1. The summed E-state index contributed by atoms with van der Waals surface area (Å²) >= 11 is 0. The first-order valence-corrected chi connectivity index (χ1v) is 7.08. The van der Waals surface area contributed by atoms with Gasteiger partial charge < -0.3 is 10.6 Å². The van der Waals surface area contributed by atoms with Gasteiger partial charge in [-0.1, -0.05) is 10.4 Å². The molecule has 1 fully saturated rings. The molecule has 0 saturated carbocycles. The van der Waals surface area contributed by atoms with E-state index in [0.29, 0.717) is 24.8 Å². The second-order valence-corrected chi connectivity index (χ2v) is 4.99. The van der Waals surface area contributed by atoms with Crippen molar-refractivity contribution < 1.29 is 4.79 Å². The summed E-state index contributed by atoms with van der Waals surface area (Å²) in [6, 6.07) is 0.329. The number of hydrogen-bond donors (Lipinski definition) is 2. The van der Waals surface area contributed by atoms with Crippen LogP contribution in [0.15, 0.2) is 18.6 Å². The Bertz CT molecular complexity index is 572. The van der Waals surface area contributed by atoms with Gasteiger partial charge in [0.25, 0.3) is 5.91 Å². The molecule has 9 nitrogen and oxygen atoms in total. The third kappa shape index (κ3) is 3.43. The molecule has 1 saturated heterocycles. The monoisotopic (exact) mass is 290 g/mol. The Labute approximate surface area is 121 Å². The molecule has 0 unspecified atom stereocenters. The van der Waals surface area contributed by atoms with Crippen molar-refractivity contribution >= 4 is 5.91 Å². The molecule has 0 spiro atoms. The van der Waals surface area contributed by atoms with Gasteiger partial charge in [-0.05, 0) is 25.9 Å². The van der Waals surface area contributed by atoms with Gasteiger partial charge in [0.2, 0.25) is 0 Å². The summed E-state index contributed by atoms with van der Waals surface area (Å²) in [5.74, 6) is -0.213. The minimum atomic E-state index is -0.213. The van der Waals surface area contributed by atoms with E-state index in [2.05, 4.69) is 31.3 Å². The molecule has 1 aliphatic rings. The van der Waals surface area contributed by atoms with Crippen LogP contribution in [0.3, 0.4) is 0 Å². The van der Waals surface area contributed by atoms with E-state index in [0.717, 1.165) is 25.9 Å². The Morgan fingerprint density at radius 2 is 2.24 bits per heavy atom. The van der Waals surface area contributed by atoms with Crippen molar-refractivity contribution in [2.75, 3.05) is 19.6 Å². The molecule has 3 rings (SSSR count). The third-order valence-electron chi connectivity index (χ3n) is 3.52. The number of carbonyl (C=O) groups excluding carboxylic acids is 1. The van der Waals surface area contributed by atoms with Crippen molar-refractivity contribution in [3.8, 4) is 0 Å². The van der Waals surface area contributed by atoms with Gasteiger partial charge in [0, 0.05) is 12.7 Å². The topological polar surface area (TPSA) is 103 Å². The van der Waals surface area contributed by atoms with E-state index >= 15 is 0 Å². The van der Waals surface area contributed by atoms with Gasteiger partial charge in [0.15, 0.2) is 5.69 Å². The summed E-state index contributed by atoms with van der Waals surface area (Å²) in [5, 5.41) is 21.7. The lowest BCUT2D eigenvalue weighted by molar-refractivity contribution is 0.0946. The number of piperidine rings is 1. The maximum absolute atomic E-state index is 12.0. The van der Waals surface area contributed by atoms with E-state index < -0.39 is 0 Å². The molecule has 1 amide bonds. The maximum Gasteiger partial charge on any atom is 0.273 e. The predicted molar refractivity (Wildman–Crippen MR) is 73.5 cm³/mol. The molecule has 0 radical (unpaired) electrons. The van der Waals surface area contributed by atoms with Crippen LogP contribution in [-0.2, 0) is 6.54 Å². The zero-order valence-corrected chi connectivity index (χ0v) is 11.6. The first-order chi connectivity index (χ1) is 10.3. The fraction of sp³-hybridized carbons (Fsp3) is 0.583. The number of nitrogens with zero attached hydrogens (tertiary/aromatic N) is 6. The van der Waals surface area contributed by atoms with Crippen molar-refractivity contribution in [2.45, 2.75) is 25.4 Å². The Hall–Kier alpha value is -2.29. The second kappa shape index (κ2) is 6.44. The smallest absolute Gasteiger partial charge is 0.273 e. The average molecular weight is 290 g/mol. The first-order valence-electron chi connectivity index (χ1n) is 7.08. The van der Waals surface area contributed by atoms with Gasteiger partial charge in [-0.3, -0.25) is 9.48 Å². The van der Waals surface area contributed by atoms with Crippen molar-refractivity contribution in [3.05, 3.63) is 24.3 Å². The summed E-state index contributed by atoms with van der Waals surface area (Å²) in [4.78, 5) is 12.0. The Morgan fingerprint density at radius 1 is 1.38 bits per heavy atom. The summed E-state index contributed by atoms with van der Waals surface area (Å²) in [6.07, 6.45) is 7.10. The van der Waals surface area contributed by atoms with Crippen LogP contribution in [0.25, 0.3) is 0 Å². The Kier molecular flexibility index (Phi) is 4.20. The van der Waals surface area contributed by atoms with Crippen LogP contribution in [-0.4, -0.2) is 55.5 Å². The van der Waals surface area contributed by atoms with Crippen molar-refractivity contribution in [1.29, 1.82) is 0 Å². The molecular formula is C12H18N8O. The van der Waals surface area contributed by atoms with Crippen LogP contribution >= 0.6 is 0 Å². The lowest BCUT2D eigenvalue weighted by Crippen LogP contribution is -2.29. The van der Waals surface area contributed by atoms with Crippen LogP contribution in [0, 0.1) is 0 Å². The van der Waals surface area contributed by atoms with Crippen molar-refractivity contribution in [2.24, 2.45) is 0 Å². The number of aromatic nitrogens is 6. The fourth-order valence-corrected chi connectivity index (χ4v) is 2.36. The van der Waals surface area contributed by atoms with Crippen LogP contribution in [0.2, 0.25) is 0 Å². The molecule has 2 N–H and O–H groups in total. The zero-order chi connectivity index (χ0) is 14.5. The van der Waals surface area contributed by atoms with Crippen molar-refractivity contribution in [1.82, 2.24) is 40.6 Å². The SMILES string of the molecule is O=C(NCCn1ccnn1)c1cn(C2CCNCC2)nn1. The number of amides is 1. The molecule has 0 atom stereocenters. The van der Waals surface area contributed by atoms with Crippen LogP contribution in [0.4, 0.5) is 0 Å². The average Bonchev–Trinajstić information content (AvgIpc) is 3.20. The summed E-state index contributed by atoms with van der Waals surface area (Å²) in [7, 11) is 0. The number of nitrogens with one attached hydrogen (secondary N) is 2. The van der Waals surface area contributed by atoms with Crippen LogP contribution < -0.4 is 10.6 Å². The van der Waals surface area contributed by atoms with E-state index in [1.807, 2.05) is 0 Å². The highest BCUT2D eigenvalue weighted by atomic mass is 16.2. The quantitative estimate of drug-likeness (QED) is 0.749. The lowest BCUT2D eigenvalue weighted by Gasteiger charge is -2.22. The Morgan fingerprint density at radius 3 is 3.00 bits per heavy atom. The van der Waals surface area contributed by atoms with Crippen LogP contribution in [0.5, 0.6) is 0 Å². The summed E-state index contributed by atoms with van der Waals surface area (Å²) in [5.41, 5.74) is 0.354. The molecule has 0 aromatic carbocycles. The molecule has 3 heterocycles. The molecular weight excluding hydrogens is 272 g/mol. The highest BCUT2D eigenvalue weighted by Gasteiger charge is 2.18. The predicted octanol–water partition coefficient (Wildman–Crippen LogP) is -0.776. The zero-order valence-electron chi connectivity index (χ0n) is 11.6. The molecule has 0 aliphatic carbocycles. The molecule has 21 heavy (non-hydrogen) atoms. The van der Waals surface area contributed by atoms with E-state index in [-0.39, 0.29) is 5.91 Å². The minimum absolute atomic E-state index is 0.213. The highest BCUT2D eigenvalue weighted by Crippen LogP contribution is 2.16. The molecule has 112 valence electrons. The van der Waals surface area contributed by atoms with Gasteiger partial charge in [0.1, 0.15) is 0 Å². The largest absolute Gasteiger partial charge is 0.349 e. The summed E-state index contributed by atoms with van der Waals surface area (Å²) in [6.45, 7) is 3.00. The van der Waals surface area contributed by atoms with Gasteiger partial charge in [-0.25, -0.2) is 4.68 Å². The van der Waals surface area contributed by atoms with Crippen molar-refractivity contribution in [3.63, 3.8) is 0 Å². The van der Waals surface area contributed by atoms with Gasteiger partial charge >= 0.3 is 0 Å². The molecule has 9 heteroatoms. The number of hydrogen-bond acceptors (Lipinski definition) is 6. The van der Waals surface area contributed by atoms with Gasteiger partial charge in [-0.2, -0.15) is 0 Å². The molecule has 1 aliphatic heterocycles. The number of rotatable bonds is 5. The molecule has 2 aromatic rings. The first kappa shape index (κ1) is 13.7. The van der Waals surface area contributed by atoms with E-state index in [9.17, 15) is 4.79 Å². The van der Waals surface area contributed by atoms with E-state index in [4.69, 9.17) is 0 Å². The number of carbonyl (C=O) groups is 1. The van der Waals surface area contributed by atoms with Gasteiger partial charge in [0.05, 0.1) is 25.0 Å². The van der Waals surface area contributed by atoms with E-state index in [1.165, 1.54) is 0 Å². The van der Waals surface area contributed by atoms with Crippen LogP contribution in [0.1, 0.15) is 29.4 Å². The highest BCUT2D eigenvalue weighted by molar-refractivity contribution is 5.91. The molecule has 0 bridgehead atoms. The Balaban J connectivity index is 1.51. The summed E-state index contributed by atoms with van der Waals surface area (Å²) < 4.78 is 3.46. The maximum atomic E-state index is 12.0. The second-order valence-electron chi connectivity index (χ2n) is 4.99. The normalized spacial score (nSPS) is 16.0. The van der Waals surface area contributed by atoms with E-state index in [1.54, 1.807) is 28.0 Å². The standard InChI is InChI=1S/C12H18N8O/c21-12(14-5-7-19-8-6-15-17-19)11-9-20(18-16-11)10-1-3-13-4-2-10/h6,8-10,13H,1-5,7H2,(H,14,21). The third-order valence-corrected chi connectivity index (χ3v) is 3.52. The van der Waals surface area contributed by atoms with Gasteiger partial charge in [-0.15, -0.1) is 10.2 Å². The minimum Gasteiger partial charge on any atom is -0.349 e.